The van der Waals surface area contributed by atoms with E-state index in [2.05, 4.69) is 31.8 Å². The van der Waals surface area contributed by atoms with E-state index in [1.165, 1.54) is 89.9 Å². The molecule has 1 aliphatic rings. The molecular weight excluding hydrogens is 334 g/mol. The minimum Gasteiger partial charge on any atom is -0.368 e. The van der Waals surface area contributed by atoms with Gasteiger partial charge in [0.15, 0.2) is 11.5 Å². The first-order valence-corrected chi connectivity index (χ1v) is 11.3. The molecule has 0 atom stereocenters. The fraction of sp³-hybridized carbons (Fsp3) is 0.773. The van der Waals surface area contributed by atoms with E-state index < -0.39 is 0 Å². The molecule has 0 aliphatic heterocycles. The Morgan fingerprint density at radius 1 is 0.889 bits per heavy atom. The van der Waals surface area contributed by atoms with Crippen molar-refractivity contribution in [1.82, 2.24) is 19.5 Å². The Morgan fingerprint density at radius 3 is 2.26 bits per heavy atom. The highest BCUT2D eigenvalue weighted by Crippen LogP contribution is 2.32. The van der Waals surface area contributed by atoms with E-state index in [1.54, 1.807) is 6.33 Å². The molecule has 5 nitrogen and oxygen atoms in total. The predicted molar refractivity (Wildman–Crippen MR) is 113 cm³/mol. The number of hydrogen-bond acceptors (Lipinski definition) is 4. The third-order valence-corrected chi connectivity index (χ3v) is 5.90. The Labute approximate surface area is 164 Å². The van der Waals surface area contributed by atoms with E-state index in [0.29, 0.717) is 6.04 Å². The first-order valence-electron chi connectivity index (χ1n) is 11.3. The first kappa shape index (κ1) is 20.1. The maximum Gasteiger partial charge on any atom is 0.165 e. The van der Waals surface area contributed by atoms with Crippen molar-refractivity contribution >= 4 is 17.0 Å². The zero-order chi connectivity index (χ0) is 18.7. The summed E-state index contributed by atoms with van der Waals surface area (Å²) in [5.41, 5.74) is 1.92. The fourth-order valence-corrected chi connectivity index (χ4v) is 4.25. The lowest BCUT2D eigenvalue weighted by atomic mass is 10.1. The van der Waals surface area contributed by atoms with Crippen LogP contribution in [0.3, 0.4) is 0 Å². The molecule has 2 aromatic rings. The van der Waals surface area contributed by atoms with Crippen LogP contribution < -0.4 is 5.32 Å². The van der Waals surface area contributed by atoms with Crippen molar-refractivity contribution in [1.29, 1.82) is 0 Å². The monoisotopic (exact) mass is 371 g/mol. The van der Waals surface area contributed by atoms with Crippen LogP contribution in [0.5, 0.6) is 0 Å². The standard InChI is InChI=1S/C22H37N5/c1-2-3-4-5-6-7-8-9-10-13-16-23-21-20-22(25-17-24-21)27(18-26-20)19-14-11-12-15-19/h17-19H,2-16H2,1H3,(H,23,24,25). The highest BCUT2D eigenvalue weighted by Gasteiger charge is 2.20. The van der Waals surface area contributed by atoms with Crippen LogP contribution in [0.15, 0.2) is 12.7 Å². The van der Waals surface area contributed by atoms with E-state index in [0.717, 1.165) is 23.5 Å². The molecule has 1 fully saturated rings. The lowest BCUT2D eigenvalue weighted by molar-refractivity contribution is 0.529. The number of hydrogen-bond donors (Lipinski definition) is 1. The molecule has 5 heteroatoms. The summed E-state index contributed by atoms with van der Waals surface area (Å²) in [6.45, 7) is 3.25. The second-order valence-electron chi connectivity index (χ2n) is 8.09. The van der Waals surface area contributed by atoms with Crippen molar-refractivity contribution in [3.63, 3.8) is 0 Å². The van der Waals surface area contributed by atoms with Crippen LogP contribution in [0.1, 0.15) is 103 Å². The number of nitrogens with zero attached hydrogens (tertiary/aromatic N) is 4. The molecular formula is C22H37N5. The van der Waals surface area contributed by atoms with Crippen LogP contribution in [0, 0.1) is 0 Å². The number of anilines is 1. The first-order chi connectivity index (χ1) is 13.4. The minimum absolute atomic E-state index is 0.569. The molecule has 3 rings (SSSR count). The number of imidazole rings is 1. The van der Waals surface area contributed by atoms with Gasteiger partial charge in [0.05, 0.1) is 6.33 Å². The summed E-state index contributed by atoms with van der Waals surface area (Å²) in [5.74, 6) is 0.896. The van der Waals surface area contributed by atoms with Crippen molar-refractivity contribution in [2.45, 2.75) is 103 Å². The molecule has 0 unspecified atom stereocenters. The molecule has 2 aromatic heterocycles. The Kier molecular flexibility index (Phi) is 8.37. The quantitative estimate of drug-likeness (QED) is 0.421. The topological polar surface area (TPSA) is 55.6 Å². The number of unbranched alkanes of at least 4 members (excludes halogenated alkanes) is 9. The lowest BCUT2D eigenvalue weighted by Gasteiger charge is -2.11. The van der Waals surface area contributed by atoms with Crippen molar-refractivity contribution < 1.29 is 0 Å². The minimum atomic E-state index is 0.569. The molecule has 1 saturated carbocycles. The van der Waals surface area contributed by atoms with E-state index in [-0.39, 0.29) is 0 Å². The van der Waals surface area contributed by atoms with Gasteiger partial charge in [-0.25, -0.2) is 15.0 Å². The molecule has 2 heterocycles. The molecule has 0 aromatic carbocycles. The Hall–Kier alpha value is -1.65. The summed E-state index contributed by atoms with van der Waals surface area (Å²) in [5, 5.41) is 3.49. The summed E-state index contributed by atoms with van der Waals surface area (Å²) in [4.78, 5) is 13.5. The van der Waals surface area contributed by atoms with Crippen LogP contribution in [0.25, 0.3) is 11.2 Å². The lowest BCUT2D eigenvalue weighted by Crippen LogP contribution is -2.06. The van der Waals surface area contributed by atoms with Gasteiger partial charge in [0.1, 0.15) is 11.8 Å². The van der Waals surface area contributed by atoms with Gasteiger partial charge < -0.3 is 9.88 Å². The molecule has 27 heavy (non-hydrogen) atoms. The molecule has 0 amide bonds. The van der Waals surface area contributed by atoms with Gasteiger partial charge in [-0.3, -0.25) is 0 Å². The van der Waals surface area contributed by atoms with Crippen LogP contribution in [-0.2, 0) is 0 Å². The SMILES string of the molecule is CCCCCCCCCCCCNc1ncnc2c1ncn2C1CCCC1. The van der Waals surface area contributed by atoms with Crippen LogP contribution >= 0.6 is 0 Å². The van der Waals surface area contributed by atoms with Crippen molar-refractivity contribution in [2.24, 2.45) is 0 Å². The summed E-state index contributed by atoms with van der Waals surface area (Å²) in [7, 11) is 0. The maximum absolute atomic E-state index is 4.61. The number of aromatic nitrogens is 4. The van der Waals surface area contributed by atoms with E-state index >= 15 is 0 Å². The van der Waals surface area contributed by atoms with Gasteiger partial charge in [-0.05, 0) is 19.3 Å². The van der Waals surface area contributed by atoms with Crippen LogP contribution in [-0.4, -0.2) is 26.1 Å². The van der Waals surface area contributed by atoms with Crippen molar-refractivity contribution in [3.05, 3.63) is 12.7 Å². The van der Waals surface area contributed by atoms with E-state index in [4.69, 9.17) is 0 Å². The van der Waals surface area contributed by atoms with Crippen LogP contribution in [0.4, 0.5) is 5.82 Å². The van der Waals surface area contributed by atoms with Gasteiger partial charge in [-0.2, -0.15) is 0 Å². The fourth-order valence-electron chi connectivity index (χ4n) is 4.25. The van der Waals surface area contributed by atoms with Gasteiger partial charge >= 0.3 is 0 Å². The van der Waals surface area contributed by atoms with Gasteiger partial charge in [-0.1, -0.05) is 77.6 Å². The summed E-state index contributed by atoms with van der Waals surface area (Å²) >= 11 is 0. The van der Waals surface area contributed by atoms with E-state index in [1.807, 2.05) is 6.33 Å². The molecule has 1 N–H and O–H groups in total. The number of nitrogens with one attached hydrogen (secondary N) is 1. The number of rotatable bonds is 13. The second kappa shape index (κ2) is 11.3. The average Bonchev–Trinajstić information content (AvgIpc) is 3.35. The smallest absolute Gasteiger partial charge is 0.165 e. The summed E-state index contributed by atoms with van der Waals surface area (Å²) < 4.78 is 2.26. The normalized spacial score (nSPS) is 15.0. The molecule has 0 radical (unpaired) electrons. The zero-order valence-corrected chi connectivity index (χ0v) is 17.1. The van der Waals surface area contributed by atoms with Gasteiger partial charge in [0.25, 0.3) is 0 Å². The number of fused-ring (bicyclic) bond motifs is 1. The van der Waals surface area contributed by atoms with Crippen molar-refractivity contribution in [2.75, 3.05) is 11.9 Å². The predicted octanol–water partition coefficient (Wildman–Crippen LogP) is 6.27. The highest BCUT2D eigenvalue weighted by atomic mass is 15.2. The summed E-state index contributed by atoms with van der Waals surface area (Å²) in [6, 6.07) is 0.569. The third kappa shape index (κ3) is 5.91. The highest BCUT2D eigenvalue weighted by molar-refractivity contribution is 5.82. The molecule has 0 saturated heterocycles. The van der Waals surface area contributed by atoms with E-state index in [9.17, 15) is 0 Å². The molecule has 0 spiro atoms. The third-order valence-electron chi connectivity index (χ3n) is 5.90. The largest absolute Gasteiger partial charge is 0.368 e. The summed E-state index contributed by atoms with van der Waals surface area (Å²) in [6.07, 6.45) is 22.4. The van der Waals surface area contributed by atoms with Gasteiger partial charge in [0, 0.05) is 12.6 Å². The average molecular weight is 372 g/mol. The Bertz CT molecular complexity index is 660. The molecule has 1 aliphatic carbocycles. The Morgan fingerprint density at radius 2 is 1.56 bits per heavy atom. The van der Waals surface area contributed by atoms with Crippen molar-refractivity contribution in [3.8, 4) is 0 Å². The maximum atomic E-state index is 4.61. The van der Waals surface area contributed by atoms with Gasteiger partial charge in [0.2, 0.25) is 0 Å². The molecule has 150 valence electrons. The van der Waals surface area contributed by atoms with Gasteiger partial charge in [-0.15, -0.1) is 0 Å². The second-order valence-corrected chi connectivity index (χ2v) is 8.09. The molecule has 0 bridgehead atoms. The Balaban J connectivity index is 1.35. The van der Waals surface area contributed by atoms with Crippen LogP contribution in [0.2, 0.25) is 0 Å². The zero-order valence-electron chi connectivity index (χ0n) is 17.1.